The van der Waals surface area contributed by atoms with Crippen LogP contribution in [0.3, 0.4) is 0 Å². The second kappa shape index (κ2) is 5.46. The number of nitrogens with one attached hydrogen (secondary N) is 2. The van der Waals surface area contributed by atoms with Gasteiger partial charge in [-0.1, -0.05) is 43.7 Å². The van der Waals surface area contributed by atoms with Crippen LogP contribution in [0.1, 0.15) is 31.7 Å². The van der Waals surface area contributed by atoms with E-state index in [9.17, 15) is 0 Å². The van der Waals surface area contributed by atoms with Gasteiger partial charge in [-0.05, 0) is 24.9 Å². The van der Waals surface area contributed by atoms with E-state index in [0.29, 0.717) is 5.54 Å². The molecule has 16 heavy (non-hydrogen) atoms. The van der Waals surface area contributed by atoms with E-state index in [1.807, 2.05) is 0 Å². The Morgan fingerprint density at radius 1 is 1.31 bits per heavy atom. The highest BCUT2D eigenvalue weighted by atomic mass is 15.1. The Morgan fingerprint density at radius 3 is 2.75 bits per heavy atom. The van der Waals surface area contributed by atoms with Crippen molar-refractivity contribution in [1.29, 1.82) is 0 Å². The molecule has 0 aromatic heterocycles. The van der Waals surface area contributed by atoms with Crippen LogP contribution < -0.4 is 10.6 Å². The average molecular weight is 218 g/mol. The van der Waals surface area contributed by atoms with Crippen molar-refractivity contribution in [2.24, 2.45) is 0 Å². The largest absolute Gasteiger partial charge is 0.315 e. The Balaban J connectivity index is 1.92. The van der Waals surface area contributed by atoms with Crippen LogP contribution in [-0.4, -0.2) is 18.6 Å². The van der Waals surface area contributed by atoms with E-state index >= 15 is 0 Å². The summed E-state index contributed by atoms with van der Waals surface area (Å²) in [6.07, 6.45) is 3.78. The Morgan fingerprint density at radius 2 is 2.12 bits per heavy atom. The molecule has 1 saturated heterocycles. The summed E-state index contributed by atoms with van der Waals surface area (Å²) in [6.45, 7) is 5.53. The molecule has 1 aromatic carbocycles. The minimum atomic E-state index is 0.338. The van der Waals surface area contributed by atoms with E-state index in [1.165, 1.54) is 24.8 Å². The lowest BCUT2D eigenvalue weighted by Crippen LogP contribution is -2.46. The normalized spacial score (nSPS) is 24.8. The molecule has 1 heterocycles. The van der Waals surface area contributed by atoms with Gasteiger partial charge in [0.1, 0.15) is 0 Å². The van der Waals surface area contributed by atoms with Crippen molar-refractivity contribution in [3.05, 3.63) is 35.9 Å². The first-order valence-electron chi connectivity index (χ1n) is 6.34. The van der Waals surface area contributed by atoms with Crippen LogP contribution in [0.15, 0.2) is 30.3 Å². The first-order chi connectivity index (χ1) is 7.85. The van der Waals surface area contributed by atoms with Crippen molar-refractivity contribution in [2.45, 2.75) is 38.3 Å². The second-order valence-electron chi connectivity index (χ2n) is 4.80. The van der Waals surface area contributed by atoms with E-state index < -0.39 is 0 Å². The third-order valence-corrected chi connectivity index (χ3v) is 3.48. The lowest BCUT2D eigenvalue weighted by Gasteiger charge is -2.29. The van der Waals surface area contributed by atoms with E-state index in [2.05, 4.69) is 47.9 Å². The van der Waals surface area contributed by atoms with Gasteiger partial charge in [-0.3, -0.25) is 0 Å². The van der Waals surface area contributed by atoms with Gasteiger partial charge in [0, 0.05) is 18.6 Å². The molecule has 0 spiro atoms. The molecule has 1 aromatic rings. The molecule has 1 fully saturated rings. The van der Waals surface area contributed by atoms with Crippen molar-refractivity contribution in [3.8, 4) is 0 Å². The molecule has 2 nitrogen and oxygen atoms in total. The lowest BCUT2D eigenvalue weighted by molar-refractivity contribution is 0.324. The minimum Gasteiger partial charge on any atom is -0.315 e. The highest BCUT2D eigenvalue weighted by Crippen LogP contribution is 2.21. The highest BCUT2D eigenvalue weighted by molar-refractivity contribution is 5.15. The average Bonchev–Trinajstić information content (AvgIpc) is 2.78. The molecule has 1 atom stereocenters. The highest BCUT2D eigenvalue weighted by Gasteiger charge is 2.31. The number of hydrogen-bond donors (Lipinski definition) is 2. The van der Waals surface area contributed by atoms with Crippen molar-refractivity contribution < 1.29 is 0 Å². The fourth-order valence-corrected chi connectivity index (χ4v) is 2.56. The zero-order valence-electron chi connectivity index (χ0n) is 10.1. The van der Waals surface area contributed by atoms with E-state index in [1.54, 1.807) is 0 Å². The third-order valence-electron chi connectivity index (χ3n) is 3.48. The number of rotatable bonds is 5. The summed E-state index contributed by atoms with van der Waals surface area (Å²) in [4.78, 5) is 0. The Bertz CT molecular complexity index is 302. The quantitative estimate of drug-likeness (QED) is 0.792. The molecule has 2 heteroatoms. The fourth-order valence-electron chi connectivity index (χ4n) is 2.56. The molecule has 2 N–H and O–H groups in total. The van der Waals surface area contributed by atoms with Gasteiger partial charge in [0.05, 0.1) is 0 Å². The summed E-state index contributed by atoms with van der Waals surface area (Å²) < 4.78 is 0. The summed E-state index contributed by atoms with van der Waals surface area (Å²) in [6, 6.07) is 10.7. The van der Waals surface area contributed by atoms with Crippen LogP contribution in [0.25, 0.3) is 0 Å². The van der Waals surface area contributed by atoms with Crippen molar-refractivity contribution in [2.75, 3.05) is 13.1 Å². The standard InChI is InChI=1S/C14H22N2/c1-2-8-14(9-10-15-12-14)16-11-13-6-4-3-5-7-13/h3-7,15-16H,2,8-12H2,1H3/t14-/m0/s1. The summed E-state index contributed by atoms with van der Waals surface area (Å²) in [7, 11) is 0. The van der Waals surface area contributed by atoms with Gasteiger partial charge in [0.2, 0.25) is 0 Å². The minimum absolute atomic E-state index is 0.338. The van der Waals surface area contributed by atoms with E-state index in [-0.39, 0.29) is 0 Å². The molecule has 0 radical (unpaired) electrons. The third kappa shape index (κ3) is 2.83. The zero-order valence-corrected chi connectivity index (χ0v) is 10.1. The summed E-state index contributed by atoms with van der Waals surface area (Å²) in [5, 5.41) is 7.22. The first kappa shape index (κ1) is 11.6. The van der Waals surface area contributed by atoms with Gasteiger partial charge in [0.25, 0.3) is 0 Å². The van der Waals surface area contributed by atoms with Crippen LogP contribution in [0, 0.1) is 0 Å². The fraction of sp³-hybridized carbons (Fsp3) is 0.571. The van der Waals surface area contributed by atoms with Gasteiger partial charge in [-0.25, -0.2) is 0 Å². The topological polar surface area (TPSA) is 24.1 Å². The molecule has 88 valence electrons. The molecular formula is C14H22N2. The van der Waals surface area contributed by atoms with Gasteiger partial charge < -0.3 is 10.6 Å². The molecule has 1 aliphatic heterocycles. The smallest absolute Gasteiger partial charge is 0.0321 e. The monoisotopic (exact) mass is 218 g/mol. The van der Waals surface area contributed by atoms with Crippen LogP contribution in [0.2, 0.25) is 0 Å². The molecule has 0 aliphatic carbocycles. The van der Waals surface area contributed by atoms with Gasteiger partial charge in [0.15, 0.2) is 0 Å². The molecule has 2 rings (SSSR count). The summed E-state index contributed by atoms with van der Waals surface area (Å²) in [5.74, 6) is 0. The summed E-state index contributed by atoms with van der Waals surface area (Å²) in [5.41, 5.74) is 1.72. The van der Waals surface area contributed by atoms with Gasteiger partial charge in [-0.2, -0.15) is 0 Å². The van der Waals surface area contributed by atoms with Gasteiger partial charge in [-0.15, -0.1) is 0 Å². The lowest BCUT2D eigenvalue weighted by atomic mass is 9.92. The van der Waals surface area contributed by atoms with Crippen LogP contribution >= 0.6 is 0 Å². The number of hydrogen-bond acceptors (Lipinski definition) is 2. The zero-order chi connectivity index (χ0) is 11.3. The van der Waals surface area contributed by atoms with Crippen LogP contribution in [0.4, 0.5) is 0 Å². The van der Waals surface area contributed by atoms with Crippen LogP contribution in [0.5, 0.6) is 0 Å². The maximum Gasteiger partial charge on any atom is 0.0321 e. The van der Waals surface area contributed by atoms with Crippen molar-refractivity contribution in [3.63, 3.8) is 0 Å². The van der Waals surface area contributed by atoms with Crippen molar-refractivity contribution >= 4 is 0 Å². The number of benzene rings is 1. The Hall–Kier alpha value is -0.860. The Kier molecular flexibility index (Phi) is 3.97. The molecule has 0 bridgehead atoms. The molecule has 0 unspecified atom stereocenters. The SMILES string of the molecule is CCC[C@]1(NCc2ccccc2)CCNC1. The second-order valence-corrected chi connectivity index (χ2v) is 4.80. The van der Waals surface area contributed by atoms with E-state index in [4.69, 9.17) is 0 Å². The van der Waals surface area contributed by atoms with Crippen LogP contribution in [-0.2, 0) is 6.54 Å². The van der Waals surface area contributed by atoms with E-state index in [0.717, 1.165) is 19.6 Å². The molecule has 0 saturated carbocycles. The summed E-state index contributed by atoms with van der Waals surface area (Å²) >= 11 is 0. The predicted octanol–water partition coefficient (Wildman–Crippen LogP) is 2.31. The molecular weight excluding hydrogens is 196 g/mol. The first-order valence-corrected chi connectivity index (χ1v) is 6.34. The predicted molar refractivity (Wildman–Crippen MR) is 68.4 cm³/mol. The molecule has 0 amide bonds. The van der Waals surface area contributed by atoms with Crippen molar-refractivity contribution in [1.82, 2.24) is 10.6 Å². The molecule has 1 aliphatic rings. The van der Waals surface area contributed by atoms with Gasteiger partial charge >= 0.3 is 0 Å². The maximum absolute atomic E-state index is 3.75. The maximum atomic E-state index is 3.75. The Labute approximate surface area is 98.4 Å².